The molecule has 7 rings (SSSR count). The molecule has 4 nitrogen and oxygen atoms in total. The van der Waals surface area contributed by atoms with Gasteiger partial charge in [0.25, 0.3) is 0 Å². The van der Waals surface area contributed by atoms with Crippen molar-refractivity contribution in [1.82, 2.24) is 9.97 Å². The number of hydrogen-bond acceptors (Lipinski definition) is 4. The van der Waals surface area contributed by atoms with Crippen LogP contribution < -0.4 is 36.7 Å². The summed E-state index contributed by atoms with van der Waals surface area (Å²) in [6, 6.07) is 33.3. The van der Waals surface area contributed by atoms with E-state index < -0.39 is 28.2 Å². The number of carboxylic acids is 1. The van der Waals surface area contributed by atoms with E-state index >= 15 is 0 Å². The molecular formula is C33H30IrN2O2PSSi2-. The fraction of sp³-hybridized carbons (Fsp3) is 0.121. The average Bonchev–Trinajstić information content (AvgIpc) is 3.00. The van der Waals surface area contributed by atoms with Gasteiger partial charge in [0.05, 0.1) is 16.1 Å². The summed E-state index contributed by atoms with van der Waals surface area (Å²) in [5.74, 6) is -0.990. The predicted molar refractivity (Wildman–Crippen MR) is 179 cm³/mol. The van der Waals surface area contributed by atoms with Crippen molar-refractivity contribution in [3.63, 3.8) is 0 Å². The summed E-state index contributed by atoms with van der Waals surface area (Å²) in [7, 11) is -3.93. The van der Waals surface area contributed by atoms with E-state index in [4.69, 9.17) is 21.9 Å². The van der Waals surface area contributed by atoms with Crippen molar-refractivity contribution in [2.75, 3.05) is 0 Å². The van der Waals surface area contributed by atoms with Crippen LogP contribution in [0.25, 0.3) is 11.3 Å². The first kappa shape index (κ1) is 30.6. The Labute approximate surface area is 267 Å². The van der Waals surface area contributed by atoms with Crippen molar-refractivity contribution in [1.29, 1.82) is 0 Å². The van der Waals surface area contributed by atoms with Crippen molar-refractivity contribution in [2.45, 2.75) is 26.2 Å². The summed E-state index contributed by atoms with van der Waals surface area (Å²) in [5, 5.41) is 18.6. The van der Waals surface area contributed by atoms with Crippen LogP contribution in [-0.4, -0.2) is 37.2 Å². The fourth-order valence-corrected chi connectivity index (χ4v) is 22.5. The number of fused-ring (bicyclic) bond motifs is 4. The third-order valence-corrected chi connectivity index (χ3v) is 21.0. The topological polar surface area (TPSA) is 63.1 Å². The monoisotopic (exact) mass is 798 g/mol. The Kier molecular flexibility index (Phi) is 8.27. The number of benzene rings is 3. The zero-order chi connectivity index (χ0) is 29.0. The SMILES string of the molecule is C[Si]1(C)c2[c-]c(-c3ccccn3)cc3c2P(=S)(c2ccccc21)c1ccccc1[Si]3(C)C.O=C(O)c1ccccn1.[Ir]. The van der Waals surface area contributed by atoms with Gasteiger partial charge in [0.1, 0.15) is 5.69 Å². The number of hydrogen-bond donors (Lipinski definition) is 1. The quantitative estimate of drug-likeness (QED) is 0.169. The van der Waals surface area contributed by atoms with Crippen LogP contribution in [0.3, 0.4) is 0 Å². The molecule has 2 aromatic heterocycles. The van der Waals surface area contributed by atoms with Crippen molar-refractivity contribution < 1.29 is 30.0 Å². The minimum Gasteiger partial charge on any atom is -0.477 e. The van der Waals surface area contributed by atoms with Crippen LogP contribution in [0.2, 0.25) is 26.2 Å². The second-order valence-corrected chi connectivity index (χ2v) is 24.3. The Morgan fingerprint density at radius 3 is 1.83 bits per heavy atom. The van der Waals surface area contributed by atoms with Gasteiger partial charge in [-0.05, 0) is 44.9 Å². The van der Waals surface area contributed by atoms with Gasteiger partial charge in [-0.2, -0.15) is 0 Å². The van der Waals surface area contributed by atoms with Crippen LogP contribution in [0.5, 0.6) is 0 Å². The van der Waals surface area contributed by atoms with E-state index in [2.05, 4.69) is 104 Å². The first-order valence-electron chi connectivity index (χ1n) is 13.6. The van der Waals surface area contributed by atoms with E-state index in [-0.39, 0.29) is 25.8 Å². The maximum absolute atomic E-state index is 10.1. The molecule has 2 aliphatic heterocycles. The van der Waals surface area contributed by atoms with Crippen molar-refractivity contribution in [2.24, 2.45) is 0 Å². The molecule has 0 saturated carbocycles. The number of aromatic nitrogens is 2. The summed E-state index contributed by atoms with van der Waals surface area (Å²) >= 11 is 6.84. The molecule has 0 bridgehead atoms. The van der Waals surface area contributed by atoms with Crippen LogP contribution in [0, 0.1) is 6.07 Å². The van der Waals surface area contributed by atoms with Gasteiger partial charge in [-0.3, -0.25) is 0 Å². The van der Waals surface area contributed by atoms with Crippen LogP contribution in [0.1, 0.15) is 10.5 Å². The third kappa shape index (κ3) is 4.75. The van der Waals surface area contributed by atoms with Crippen LogP contribution in [-0.2, 0) is 31.9 Å². The van der Waals surface area contributed by atoms with Gasteiger partial charge in [-0.25, -0.2) is 9.78 Å². The molecule has 0 saturated heterocycles. The van der Waals surface area contributed by atoms with Crippen LogP contribution in [0.15, 0.2) is 103 Å². The maximum atomic E-state index is 10.1. The fourth-order valence-electron chi connectivity index (χ4n) is 6.19. The molecule has 42 heavy (non-hydrogen) atoms. The van der Waals surface area contributed by atoms with Gasteiger partial charge in [-0.15, -0.1) is 28.1 Å². The molecule has 9 heteroatoms. The summed E-state index contributed by atoms with van der Waals surface area (Å²) in [6.07, 6.45) is 3.33. The Balaban J connectivity index is 0.000000305. The van der Waals surface area contributed by atoms with Crippen molar-refractivity contribution in [3.05, 3.63) is 115 Å². The maximum Gasteiger partial charge on any atom is 0.354 e. The Hall–Kier alpha value is -2.84. The smallest absolute Gasteiger partial charge is 0.354 e. The molecule has 1 radical (unpaired) electrons. The Morgan fingerprint density at radius 2 is 1.31 bits per heavy atom. The van der Waals surface area contributed by atoms with Gasteiger partial charge in [0, 0.05) is 38.5 Å². The summed E-state index contributed by atoms with van der Waals surface area (Å²) < 4.78 is 0. The van der Waals surface area contributed by atoms with Crippen LogP contribution >= 0.6 is 6.04 Å². The molecule has 213 valence electrons. The first-order valence-corrected chi connectivity index (χ1v) is 22.4. The van der Waals surface area contributed by atoms with E-state index in [1.807, 2.05) is 12.3 Å². The minimum atomic E-state index is -2.14. The number of carbonyl (C=O) groups is 1. The van der Waals surface area contributed by atoms with Gasteiger partial charge >= 0.3 is 5.97 Å². The summed E-state index contributed by atoms with van der Waals surface area (Å²) in [5.41, 5.74) is 2.21. The number of carboxylic acid groups (broad SMARTS) is 1. The predicted octanol–water partition coefficient (Wildman–Crippen LogP) is 3.35. The minimum absolute atomic E-state index is 0. The molecule has 0 fully saturated rings. The van der Waals surface area contributed by atoms with Crippen molar-refractivity contribution >= 4 is 76.6 Å². The Bertz CT molecular complexity index is 1780. The normalized spacial score (nSPS) is 18.1. The number of nitrogens with zero attached hydrogens (tertiary/aromatic N) is 2. The summed E-state index contributed by atoms with van der Waals surface area (Å²) in [6.45, 7) is 9.96. The molecule has 2 aliphatic rings. The van der Waals surface area contributed by atoms with Crippen LogP contribution in [0.4, 0.5) is 0 Å². The average molecular weight is 798 g/mol. The second kappa shape index (κ2) is 11.3. The zero-order valence-corrected chi connectivity index (χ0v) is 29.9. The molecule has 0 aliphatic carbocycles. The van der Waals surface area contributed by atoms with E-state index in [0.29, 0.717) is 0 Å². The first-order chi connectivity index (χ1) is 19.6. The number of pyridine rings is 2. The number of aromatic carboxylic acids is 1. The van der Waals surface area contributed by atoms with Gasteiger partial charge in [0.15, 0.2) is 0 Å². The molecular weight excluding hydrogens is 768 g/mol. The van der Waals surface area contributed by atoms with E-state index in [1.165, 1.54) is 48.9 Å². The number of rotatable bonds is 2. The molecule has 5 aromatic rings. The zero-order valence-electron chi connectivity index (χ0n) is 23.8. The molecule has 0 spiro atoms. The van der Waals surface area contributed by atoms with E-state index in [0.717, 1.165) is 11.3 Å². The molecule has 0 amide bonds. The van der Waals surface area contributed by atoms with E-state index in [1.54, 1.807) is 12.1 Å². The second-order valence-electron chi connectivity index (χ2n) is 11.4. The van der Waals surface area contributed by atoms with Gasteiger partial charge in [-0.1, -0.05) is 110 Å². The van der Waals surface area contributed by atoms with E-state index in [9.17, 15) is 4.79 Å². The molecule has 4 heterocycles. The molecule has 1 N–H and O–H groups in total. The Morgan fingerprint density at radius 1 is 0.762 bits per heavy atom. The standard InChI is InChI=1S/C27H25NPSSi2.C6H5NO2.Ir/c1-31(2)23-14-7-5-12-21(23)29(30)22-13-6-8-15-24(22)32(3,4)26-18-19(17-25(31)27(26)29)20-11-9-10-16-28-20;8-6(9)5-3-1-2-4-7-5;/h5-17H,1-4H3;1-4H,(H,8,9);/q-1;;. The van der Waals surface area contributed by atoms with Crippen molar-refractivity contribution in [3.8, 4) is 11.3 Å². The largest absolute Gasteiger partial charge is 0.477 e. The van der Waals surface area contributed by atoms with Gasteiger partial charge < -0.3 is 10.1 Å². The molecule has 3 aromatic carbocycles. The molecule has 1 unspecified atom stereocenters. The summed E-state index contributed by atoms with van der Waals surface area (Å²) in [4.78, 5) is 18.4. The third-order valence-electron chi connectivity index (χ3n) is 8.31. The van der Waals surface area contributed by atoms with Gasteiger partial charge in [0.2, 0.25) is 0 Å². The molecule has 1 atom stereocenters.